The molecule has 0 aromatic carbocycles. The summed E-state index contributed by atoms with van der Waals surface area (Å²) in [6.45, 7) is 1.57. The van der Waals surface area contributed by atoms with Crippen molar-refractivity contribution in [1.82, 2.24) is 0 Å². The molecular weight excluding hydrogens is 285 g/mol. The van der Waals surface area contributed by atoms with Crippen LogP contribution in [0, 0.1) is 0 Å². The molecule has 0 aliphatic carbocycles. The second kappa shape index (κ2) is 7.91. The molecule has 1 N–H and O–H groups in total. The Morgan fingerprint density at radius 2 is 2.20 bits per heavy atom. The zero-order valence-electron chi connectivity index (χ0n) is 8.03. The number of hydrogen-bond donors (Lipinski definition) is 1. The predicted octanol–water partition coefficient (Wildman–Crippen LogP) is 3.46. The van der Waals surface area contributed by atoms with Crippen molar-refractivity contribution < 1.29 is 18.5 Å². The van der Waals surface area contributed by atoms with Crippen LogP contribution in [0.25, 0.3) is 0 Å². The van der Waals surface area contributed by atoms with Crippen LogP contribution in [-0.4, -0.2) is 23.5 Å². The van der Waals surface area contributed by atoms with E-state index in [1.54, 1.807) is 0 Å². The second-order valence-corrected chi connectivity index (χ2v) is 5.40. The van der Waals surface area contributed by atoms with E-state index in [1.165, 1.54) is 13.0 Å². The highest BCUT2D eigenvalue weighted by Crippen LogP contribution is 2.44. The van der Waals surface area contributed by atoms with Crippen LogP contribution >= 0.6 is 42.6 Å². The molecule has 0 spiro atoms. The standard InChI is InChI=1S/C7H12Cl3O4P/c1-6(5-7(9)10)14-15(11,12)13-4-2-3-8/h5-6H,2-4H2,1H3,(H,11,12). The molecule has 0 heterocycles. The summed E-state index contributed by atoms with van der Waals surface area (Å²) in [6, 6.07) is 0. The van der Waals surface area contributed by atoms with Crippen molar-refractivity contribution in [1.29, 1.82) is 0 Å². The van der Waals surface area contributed by atoms with Gasteiger partial charge in [0.25, 0.3) is 0 Å². The second-order valence-electron chi connectivity index (χ2n) is 2.61. The number of phosphoric ester groups is 1. The van der Waals surface area contributed by atoms with Crippen LogP contribution in [0.2, 0.25) is 0 Å². The fourth-order valence-corrected chi connectivity index (χ4v) is 2.05. The van der Waals surface area contributed by atoms with Crippen LogP contribution in [0.15, 0.2) is 10.6 Å². The molecule has 0 saturated heterocycles. The van der Waals surface area contributed by atoms with Gasteiger partial charge in [-0.1, -0.05) is 23.2 Å². The zero-order chi connectivity index (χ0) is 11.9. The van der Waals surface area contributed by atoms with Gasteiger partial charge in [0.1, 0.15) is 4.49 Å². The summed E-state index contributed by atoms with van der Waals surface area (Å²) >= 11 is 16.1. The van der Waals surface area contributed by atoms with Crippen molar-refractivity contribution in [3.8, 4) is 0 Å². The summed E-state index contributed by atoms with van der Waals surface area (Å²) in [7, 11) is -4.06. The van der Waals surface area contributed by atoms with Crippen LogP contribution in [0.3, 0.4) is 0 Å². The van der Waals surface area contributed by atoms with Gasteiger partial charge in [-0.25, -0.2) is 4.57 Å². The Bertz CT molecular complexity index is 255. The maximum absolute atomic E-state index is 11.2. The lowest BCUT2D eigenvalue weighted by Gasteiger charge is -2.14. The Balaban J connectivity index is 4.02. The molecule has 8 heteroatoms. The Morgan fingerprint density at radius 1 is 1.60 bits per heavy atom. The van der Waals surface area contributed by atoms with E-state index in [0.717, 1.165) is 0 Å². The van der Waals surface area contributed by atoms with E-state index in [1.807, 2.05) is 0 Å². The van der Waals surface area contributed by atoms with Gasteiger partial charge in [0.05, 0.1) is 12.7 Å². The molecular formula is C7H12Cl3O4P. The maximum atomic E-state index is 11.2. The normalized spacial score (nSPS) is 16.9. The summed E-state index contributed by atoms with van der Waals surface area (Å²) in [5.74, 6) is 0.350. The van der Waals surface area contributed by atoms with Gasteiger partial charge in [0, 0.05) is 5.88 Å². The van der Waals surface area contributed by atoms with Crippen LogP contribution in [-0.2, 0) is 13.6 Å². The highest BCUT2D eigenvalue weighted by Gasteiger charge is 2.23. The van der Waals surface area contributed by atoms with Crippen molar-refractivity contribution >= 4 is 42.6 Å². The molecule has 0 fully saturated rings. The number of halogens is 3. The molecule has 0 aliphatic rings. The summed E-state index contributed by atoms with van der Waals surface area (Å²) in [6.07, 6.45) is 1.04. The first kappa shape index (κ1) is 15.7. The molecule has 15 heavy (non-hydrogen) atoms. The van der Waals surface area contributed by atoms with Gasteiger partial charge in [-0.05, 0) is 19.4 Å². The van der Waals surface area contributed by atoms with E-state index in [4.69, 9.17) is 39.3 Å². The van der Waals surface area contributed by atoms with Crippen LogP contribution in [0.5, 0.6) is 0 Å². The zero-order valence-corrected chi connectivity index (χ0v) is 11.2. The van der Waals surface area contributed by atoms with Crippen LogP contribution < -0.4 is 0 Å². The van der Waals surface area contributed by atoms with Gasteiger partial charge in [-0.15, -0.1) is 11.6 Å². The number of rotatable bonds is 7. The van der Waals surface area contributed by atoms with E-state index in [9.17, 15) is 9.46 Å². The van der Waals surface area contributed by atoms with E-state index in [2.05, 4.69) is 4.52 Å². The largest absolute Gasteiger partial charge is 0.472 e. The number of phosphoric acid groups is 1. The predicted molar refractivity (Wildman–Crippen MR) is 61.5 cm³/mol. The highest BCUT2D eigenvalue weighted by molar-refractivity contribution is 7.47. The van der Waals surface area contributed by atoms with Crippen molar-refractivity contribution in [2.75, 3.05) is 12.5 Å². The topological polar surface area (TPSA) is 55.8 Å². The third kappa shape index (κ3) is 9.64. The third-order valence-corrected chi connectivity index (χ3v) is 2.82. The van der Waals surface area contributed by atoms with Crippen molar-refractivity contribution in [2.24, 2.45) is 0 Å². The molecule has 0 amide bonds. The molecule has 90 valence electrons. The third-order valence-electron chi connectivity index (χ3n) is 1.19. The molecule has 0 rings (SSSR count). The van der Waals surface area contributed by atoms with Gasteiger partial charge in [0.15, 0.2) is 0 Å². The first-order valence-corrected chi connectivity index (χ1v) is 6.90. The molecule has 0 saturated carbocycles. The Kier molecular flexibility index (Phi) is 8.29. The maximum Gasteiger partial charge on any atom is 0.472 e. The van der Waals surface area contributed by atoms with E-state index in [0.29, 0.717) is 12.3 Å². The average molecular weight is 298 g/mol. The molecule has 2 unspecified atom stereocenters. The summed E-state index contributed by atoms with van der Waals surface area (Å²) in [5.41, 5.74) is 0. The van der Waals surface area contributed by atoms with Gasteiger partial charge < -0.3 is 4.89 Å². The van der Waals surface area contributed by atoms with Gasteiger partial charge in [-0.3, -0.25) is 9.05 Å². The molecule has 0 radical (unpaired) electrons. The van der Waals surface area contributed by atoms with E-state index >= 15 is 0 Å². The summed E-state index contributed by atoms with van der Waals surface area (Å²) in [4.78, 5) is 9.18. The van der Waals surface area contributed by atoms with Gasteiger partial charge >= 0.3 is 7.82 Å². The first-order chi connectivity index (χ1) is 6.87. The Morgan fingerprint density at radius 3 is 2.67 bits per heavy atom. The fourth-order valence-electron chi connectivity index (χ4n) is 0.683. The van der Waals surface area contributed by atoms with Crippen LogP contribution in [0.1, 0.15) is 13.3 Å². The Hall–Kier alpha value is 0.720. The SMILES string of the molecule is CC(C=C(Cl)Cl)OP(=O)(O)OCCCCl. The highest BCUT2D eigenvalue weighted by atomic mass is 35.5. The Labute approximate surface area is 104 Å². The minimum atomic E-state index is -4.06. The molecule has 0 bridgehead atoms. The van der Waals surface area contributed by atoms with Crippen molar-refractivity contribution in [2.45, 2.75) is 19.4 Å². The first-order valence-electron chi connectivity index (χ1n) is 4.12. The van der Waals surface area contributed by atoms with E-state index < -0.39 is 13.9 Å². The molecule has 2 atom stereocenters. The molecule has 0 aromatic heterocycles. The smallest absolute Gasteiger partial charge is 0.302 e. The number of hydrogen-bond acceptors (Lipinski definition) is 3. The summed E-state index contributed by atoms with van der Waals surface area (Å²) < 4.78 is 20.5. The molecule has 0 aliphatic heterocycles. The minimum Gasteiger partial charge on any atom is -0.302 e. The number of alkyl halides is 1. The van der Waals surface area contributed by atoms with Crippen LogP contribution in [0.4, 0.5) is 0 Å². The fraction of sp³-hybridized carbons (Fsp3) is 0.714. The lowest BCUT2D eigenvalue weighted by atomic mass is 10.4. The van der Waals surface area contributed by atoms with E-state index in [-0.39, 0.29) is 11.1 Å². The molecule has 0 aromatic rings. The quantitative estimate of drug-likeness (QED) is 0.444. The van der Waals surface area contributed by atoms with Gasteiger partial charge in [0.2, 0.25) is 0 Å². The lowest BCUT2D eigenvalue weighted by molar-refractivity contribution is 0.132. The molecule has 4 nitrogen and oxygen atoms in total. The van der Waals surface area contributed by atoms with Crippen molar-refractivity contribution in [3.05, 3.63) is 10.6 Å². The monoisotopic (exact) mass is 296 g/mol. The van der Waals surface area contributed by atoms with Gasteiger partial charge in [-0.2, -0.15) is 0 Å². The minimum absolute atomic E-state index is 0.0386. The van der Waals surface area contributed by atoms with Crippen molar-refractivity contribution in [3.63, 3.8) is 0 Å². The summed E-state index contributed by atoms with van der Waals surface area (Å²) in [5, 5.41) is 0. The average Bonchev–Trinajstić information content (AvgIpc) is 2.00. The lowest BCUT2D eigenvalue weighted by Crippen LogP contribution is -2.05.